The van der Waals surface area contributed by atoms with Gasteiger partial charge >= 0.3 is 5.97 Å². The summed E-state index contributed by atoms with van der Waals surface area (Å²) in [6, 6.07) is 9.47. The molecule has 1 heterocycles. The summed E-state index contributed by atoms with van der Waals surface area (Å²) in [5, 5.41) is 0. The number of benzene rings is 2. The van der Waals surface area contributed by atoms with Crippen LogP contribution in [0.3, 0.4) is 0 Å². The van der Waals surface area contributed by atoms with Gasteiger partial charge in [-0.25, -0.2) is 12.8 Å². The number of carbonyl (C=O) groups excluding carboxylic acids is 2. The molecule has 1 aliphatic heterocycles. The van der Waals surface area contributed by atoms with Crippen LogP contribution in [0, 0.1) is 9.39 Å². The standard InChI is InChI=1S/C24H25FINO5S/c1-23(2,3)32-22(29)14-27-20-11-4-15-12-17(26)7-10-19(15)24(20,13-21(27)28)33(30,31)18-8-5-16(25)6-9-18/h5-10,12,20H,4,11,13-14H2,1-3H3. The van der Waals surface area contributed by atoms with E-state index in [4.69, 9.17) is 4.74 Å². The highest BCUT2D eigenvalue weighted by Crippen LogP contribution is 2.53. The highest BCUT2D eigenvalue weighted by Gasteiger charge is 2.63. The molecular formula is C24H25FINO5S. The predicted molar refractivity (Wildman–Crippen MR) is 129 cm³/mol. The first-order valence-electron chi connectivity index (χ1n) is 10.7. The number of fused-ring (bicyclic) bond motifs is 3. The van der Waals surface area contributed by atoms with E-state index in [9.17, 15) is 22.4 Å². The van der Waals surface area contributed by atoms with Gasteiger partial charge in [-0.2, -0.15) is 0 Å². The molecule has 2 aromatic rings. The van der Waals surface area contributed by atoms with Crippen LogP contribution >= 0.6 is 22.6 Å². The molecule has 176 valence electrons. The quantitative estimate of drug-likeness (QED) is 0.308. The molecule has 0 bridgehead atoms. The number of nitrogens with zero attached hydrogens (tertiary/aromatic N) is 1. The predicted octanol–water partition coefficient (Wildman–Crippen LogP) is 3.99. The van der Waals surface area contributed by atoms with Crippen LogP contribution in [0.1, 0.15) is 44.7 Å². The molecule has 1 aliphatic carbocycles. The van der Waals surface area contributed by atoms with Crippen LogP contribution in [-0.2, 0) is 35.3 Å². The first-order chi connectivity index (χ1) is 15.3. The van der Waals surface area contributed by atoms with E-state index in [1.54, 1.807) is 26.8 Å². The summed E-state index contributed by atoms with van der Waals surface area (Å²) in [5.74, 6) is -1.54. The molecule has 1 saturated heterocycles. The van der Waals surface area contributed by atoms with Gasteiger partial charge in [-0.3, -0.25) is 9.59 Å². The lowest BCUT2D eigenvalue weighted by Gasteiger charge is -2.42. The first kappa shape index (κ1) is 24.1. The number of aryl methyl sites for hydroxylation is 1. The number of hydrogen-bond donors (Lipinski definition) is 0. The molecule has 2 unspecified atom stereocenters. The molecule has 0 spiro atoms. The first-order valence-corrected chi connectivity index (χ1v) is 13.2. The fourth-order valence-electron chi connectivity index (χ4n) is 4.96. The van der Waals surface area contributed by atoms with Gasteiger partial charge in [0.2, 0.25) is 5.91 Å². The summed E-state index contributed by atoms with van der Waals surface area (Å²) in [7, 11) is -4.12. The second-order valence-electron chi connectivity index (χ2n) is 9.49. The third-order valence-corrected chi connectivity index (χ3v) is 9.34. The lowest BCUT2D eigenvalue weighted by Crippen LogP contribution is -2.52. The smallest absolute Gasteiger partial charge is 0.326 e. The number of sulfone groups is 1. The van der Waals surface area contributed by atoms with Gasteiger partial charge < -0.3 is 9.64 Å². The van der Waals surface area contributed by atoms with E-state index >= 15 is 0 Å². The average Bonchev–Trinajstić information content (AvgIpc) is 2.99. The Labute approximate surface area is 206 Å². The molecule has 0 aromatic heterocycles. The van der Waals surface area contributed by atoms with E-state index in [1.807, 2.05) is 12.1 Å². The van der Waals surface area contributed by atoms with Crippen molar-refractivity contribution < 1.29 is 27.1 Å². The zero-order chi connectivity index (χ0) is 24.2. The number of carbonyl (C=O) groups is 2. The number of ether oxygens (including phenoxy) is 1. The molecule has 33 heavy (non-hydrogen) atoms. The van der Waals surface area contributed by atoms with Gasteiger partial charge in [-0.1, -0.05) is 6.07 Å². The third-order valence-electron chi connectivity index (χ3n) is 6.18. The van der Waals surface area contributed by atoms with Crippen molar-refractivity contribution in [1.82, 2.24) is 4.90 Å². The minimum atomic E-state index is -4.12. The molecule has 4 rings (SSSR count). The van der Waals surface area contributed by atoms with E-state index in [2.05, 4.69) is 22.6 Å². The van der Waals surface area contributed by atoms with Gasteiger partial charge in [-0.15, -0.1) is 0 Å². The second kappa shape index (κ2) is 8.33. The molecule has 2 aliphatic rings. The number of likely N-dealkylation sites (tertiary alicyclic amines) is 1. The zero-order valence-electron chi connectivity index (χ0n) is 18.6. The maximum Gasteiger partial charge on any atom is 0.326 e. The van der Waals surface area contributed by atoms with Gasteiger partial charge in [0.05, 0.1) is 17.4 Å². The van der Waals surface area contributed by atoms with E-state index in [0.29, 0.717) is 18.4 Å². The molecule has 2 atom stereocenters. The number of halogens is 2. The van der Waals surface area contributed by atoms with Crippen molar-refractivity contribution in [1.29, 1.82) is 0 Å². The van der Waals surface area contributed by atoms with Crippen LogP contribution in [-0.4, -0.2) is 43.4 Å². The Bertz CT molecular complexity index is 1220. The van der Waals surface area contributed by atoms with Crippen LogP contribution in [0.25, 0.3) is 0 Å². The van der Waals surface area contributed by atoms with E-state index < -0.39 is 43.9 Å². The van der Waals surface area contributed by atoms with Gasteiger partial charge in [0.15, 0.2) is 9.84 Å². The van der Waals surface area contributed by atoms with Crippen molar-refractivity contribution in [3.8, 4) is 0 Å². The Balaban J connectivity index is 1.86. The van der Waals surface area contributed by atoms with Crippen LogP contribution in [0.4, 0.5) is 4.39 Å². The average molecular weight is 585 g/mol. The molecule has 1 amide bonds. The van der Waals surface area contributed by atoms with Crippen LogP contribution in [0.5, 0.6) is 0 Å². The highest BCUT2D eigenvalue weighted by molar-refractivity contribution is 14.1. The van der Waals surface area contributed by atoms with Gasteiger partial charge in [-0.05, 0) is 104 Å². The molecule has 2 aromatic carbocycles. The maximum absolute atomic E-state index is 14.1. The molecule has 1 fully saturated rings. The SMILES string of the molecule is CC(C)(C)OC(=O)CN1C(=O)CC2(S(=O)(=O)c3ccc(F)cc3)c3ccc(I)cc3CCC12. The summed E-state index contributed by atoms with van der Waals surface area (Å²) in [6.45, 7) is 4.89. The van der Waals surface area contributed by atoms with Gasteiger partial charge in [0.1, 0.15) is 22.7 Å². The summed E-state index contributed by atoms with van der Waals surface area (Å²) in [4.78, 5) is 27.1. The van der Waals surface area contributed by atoms with E-state index in [-0.39, 0.29) is 17.9 Å². The number of esters is 1. The van der Waals surface area contributed by atoms with E-state index in [1.165, 1.54) is 17.0 Å². The molecule has 0 saturated carbocycles. The summed E-state index contributed by atoms with van der Waals surface area (Å²) >= 11 is 2.17. The summed E-state index contributed by atoms with van der Waals surface area (Å²) in [5.41, 5.74) is 0.715. The number of rotatable bonds is 4. The Morgan fingerprint density at radius 2 is 1.88 bits per heavy atom. The molecule has 0 N–H and O–H groups in total. The minimum absolute atomic E-state index is 0.0489. The highest BCUT2D eigenvalue weighted by atomic mass is 127. The third kappa shape index (κ3) is 4.18. The normalized spacial score (nSPS) is 22.6. The van der Waals surface area contributed by atoms with Crippen molar-refractivity contribution in [2.75, 3.05) is 6.54 Å². The largest absolute Gasteiger partial charge is 0.459 e. The van der Waals surface area contributed by atoms with Crippen molar-refractivity contribution >= 4 is 44.3 Å². The number of hydrogen-bond acceptors (Lipinski definition) is 5. The minimum Gasteiger partial charge on any atom is -0.459 e. The lowest BCUT2D eigenvalue weighted by atomic mass is 9.78. The van der Waals surface area contributed by atoms with Crippen molar-refractivity contribution in [3.63, 3.8) is 0 Å². The summed E-state index contributed by atoms with van der Waals surface area (Å²) < 4.78 is 46.6. The van der Waals surface area contributed by atoms with E-state index in [0.717, 1.165) is 21.3 Å². The number of amides is 1. The fraction of sp³-hybridized carbons (Fsp3) is 0.417. The Hall–Kier alpha value is -2.01. The maximum atomic E-state index is 14.1. The van der Waals surface area contributed by atoms with Crippen LogP contribution in [0.2, 0.25) is 0 Å². The lowest BCUT2D eigenvalue weighted by molar-refractivity contribution is -0.158. The van der Waals surface area contributed by atoms with Crippen molar-refractivity contribution in [2.24, 2.45) is 0 Å². The van der Waals surface area contributed by atoms with Crippen molar-refractivity contribution in [3.05, 3.63) is 63.0 Å². The molecule has 9 heteroatoms. The monoisotopic (exact) mass is 585 g/mol. The van der Waals surface area contributed by atoms with Gasteiger partial charge in [0.25, 0.3) is 0 Å². The fourth-order valence-corrected chi connectivity index (χ4v) is 7.84. The van der Waals surface area contributed by atoms with Crippen LogP contribution < -0.4 is 0 Å². The Kier molecular flexibility index (Phi) is 6.09. The van der Waals surface area contributed by atoms with Crippen LogP contribution in [0.15, 0.2) is 47.4 Å². The molecule has 0 radical (unpaired) electrons. The molecule has 6 nitrogen and oxygen atoms in total. The topological polar surface area (TPSA) is 80.8 Å². The van der Waals surface area contributed by atoms with Crippen molar-refractivity contribution in [2.45, 2.75) is 61.3 Å². The molecular weight excluding hydrogens is 560 g/mol. The Morgan fingerprint density at radius 1 is 1.21 bits per heavy atom. The zero-order valence-corrected chi connectivity index (χ0v) is 21.6. The second-order valence-corrected chi connectivity index (χ2v) is 12.9. The summed E-state index contributed by atoms with van der Waals surface area (Å²) in [6.07, 6.45) is 0.686. The van der Waals surface area contributed by atoms with Gasteiger partial charge in [0, 0.05) is 3.57 Å². The Morgan fingerprint density at radius 3 is 2.52 bits per heavy atom.